The highest BCUT2D eigenvalue weighted by Crippen LogP contribution is 2.28. The van der Waals surface area contributed by atoms with Crippen LogP contribution in [-0.4, -0.2) is 39.1 Å². The summed E-state index contributed by atoms with van der Waals surface area (Å²) in [6, 6.07) is 3.75. The Morgan fingerprint density at radius 1 is 1.59 bits per heavy atom. The Labute approximate surface area is 133 Å². The van der Waals surface area contributed by atoms with Crippen LogP contribution in [0.25, 0.3) is 10.8 Å². The first kappa shape index (κ1) is 15.2. The number of hydrogen-bond acceptors (Lipinski definition) is 5. The van der Waals surface area contributed by atoms with Crippen molar-refractivity contribution in [3.8, 4) is 10.8 Å². The van der Waals surface area contributed by atoms with Crippen molar-refractivity contribution in [1.29, 1.82) is 0 Å². The number of rotatable bonds is 4. The summed E-state index contributed by atoms with van der Waals surface area (Å²) < 4.78 is 5.45. The minimum Gasteiger partial charge on any atom is -0.444 e. The van der Waals surface area contributed by atoms with Gasteiger partial charge in [-0.15, -0.1) is 11.3 Å². The molecule has 6 heteroatoms. The highest BCUT2D eigenvalue weighted by molar-refractivity contribution is 7.13. The Bertz CT molecular complexity index is 643. The Balaban J connectivity index is 1.69. The average Bonchev–Trinajstić information content (AvgIpc) is 3.19. The summed E-state index contributed by atoms with van der Waals surface area (Å²) in [6.07, 6.45) is 3.53. The molecule has 0 saturated carbocycles. The molecule has 22 heavy (non-hydrogen) atoms. The number of aliphatic hydroxyl groups is 1. The average molecular weight is 320 g/mol. The van der Waals surface area contributed by atoms with Crippen molar-refractivity contribution in [2.45, 2.75) is 44.8 Å². The Morgan fingerprint density at radius 2 is 2.41 bits per heavy atom. The SMILES string of the molecule is CC(C)(O)C1CCCN1C(=O)Cc1coc(-c2cccs2)n1. The predicted molar refractivity (Wildman–Crippen MR) is 84.6 cm³/mol. The number of aromatic nitrogens is 1. The molecule has 1 fully saturated rings. The number of nitrogens with zero attached hydrogens (tertiary/aromatic N) is 2. The van der Waals surface area contributed by atoms with Gasteiger partial charge in [0.25, 0.3) is 0 Å². The molecule has 1 amide bonds. The minimum atomic E-state index is -0.877. The number of thiophene rings is 1. The van der Waals surface area contributed by atoms with Gasteiger partial charge in [-0.3, -0.25) is 4.79 Å². The topological polar surface area (TPSA) is 66.6 Å². The first-order valence-corrected chi connectivity index (χ1v) is 8.33. The van der Waals surface area contributed by atoms with E-state index >= 15 is 0 Å². The van der Waals surface area contributed by atoms with E-state index in [1.165, 1.54) is 0 Å². The fourth-order valence-corrected chi connectivity index (χ4v) is 3.61. The first-order valence-electron chi connectivity index (χ1n) is 7.45. The summed E-state index contributed by atoms with van der Waals surface area (Å²) in [4.78, 5) is 19.6. The number of amides is 1. The monoisotopic (exact) mass is 320 g/mol. The van der Waals surface area contributed by atoms with Crippen molar-refractivity contribution < 1.29 is 14.3 Å². The van der Waals surface area contributed by atoms with Gasteiger partial charge in [0.05, 0.1) is 28.6 Å². The summed E-state index contributed by atoms with van der Waals surface area (Å²) in [6.45, 7) is 4.21. The standard InChI is InChI=1S/C16H20N2O3S/c1-16(2,20)13-6-3-7-18(13)14(19)9-11-10-21-15(17-11)12-5-4-8-22-12/h4-5,8,10,13,20H,3,6-7,9H2,1-2H3. The number of hydrogen-bond donors (Lipinski definition) is 1. The molecule has 1 aliphatic rings. The van der Waals surface area contributed by atoms with Gasteiger partial charge in [-0.1, -0.05) is 6.07 Å². The fourth-order valence-electron chi connectivity index (χ4n) is 2.96. The lowest BCUT2D eigenvalue weighted by atomic mass is 9.96. The summed E-state index contributed by atoms with van der Waals surface area (Å²) >= 11 is 1.55. The van der Waals surface area contributed by atoms with E-state index in [0.717, 1.165) is 17.7 Å². The first-order chi connectivity index (χ1) is 10.4. The molecule has 0 radical (unpaired) electrons. The third-order valence-corrected chi connectivity index (χ3v) is 4.86. The van der Waals surface area contributed by atoms with Gasteiger partial charge in [0.2, 0.25) is 11.8 Å². The molecule has 3 heterocycles. The van der Waals surface area contributed by atoms with Crippen LogP contribution in [0, 0.1) is 0 Å². The Morgan fingerprint density at radius 3 is 3.09 bits per heavy atom. The summed E-state index contributed by atoms with van der Waals surface area (Å²) in [5, 5.41) is 12.2. The summed E-state index contributed by atoms with van der Waals surface area (Å²) in [5.74, 6) is 0.550. The van der Waals surface area contributed by atoms with Crippen molar-refractivity contribution in [2.75, 3.05) is 6.54 Å². The highest BCUT2D eigenvalue weighted by atomic mass is 32.1. The quantitative estimate of drug-likeness (QED) is 0.940. The van der Waals surface area contributed by atoms with Crippen LogP contribution in [-0.2, 0) is 11.2 Å². The molecule has 1 aliphatic heterocycles. The largest absolute Gasteiger partial charge is 0.444 e. The number of carbonyl (C=O) groups is 1. The van der Waals surface area contributed by atoms with E-state index in [9.17, 15) is 9.90 Å². The van der Waals surface area contributed by atoms with Gasteiger partial charge in [-0.05, 0) is 38.1 Å². The van der Waals surface area contributed by atoms with Crippen LogP contribution in [0.4, 0.5) is 0 Å². The molecular weight excluding hydrogens is 300 g/mol. The normalized spacial score (nSPS) is 18.9. The maximum absolute atomic E-state index is 12.5. The number of oxazole rings is 1. The van der Waals surface area contributed by atoms with Crippen molar-refractivity contribution in [3.05, 3.63) is 29.5 Å². The molecule has 1 unspecified atom stereocenters. The van der Waals surface area contributed by atoms with Crippen molar-refractivity contribution in [2.24, 2.45) is 0 Å². The van der Waals surface area contributed by atoms with Crippen LogP contribution in [0.1, 0.15) is 32.4 Å². The molecule has 1 atom stereocenters. The van der Waals surface area contributed by atoms with Gasteiger partial charge in [-0.2, -0.15) is 0 Å². The van der Waals surface area contributed by atoms with E-state index in [4.69, 9.17) is 4.42 Å². The molecule has 0 aliphatic carbocycles. The van der Waals surface area contributed by atoms with Crippen molar-refractivity contribution >= 4 is 17.2 Å². The zero-order chi connectivity index (χ0) is 15.7. The smallest absolute Gasteiger partial charge is 0.236 e. The van der Waals surface area contributed by atoms with E-state index in [0.29, 0.717) is 18.1 Å². The van der Waals surface area contributed by atoms with Gasteiger partial charge < -0.3 is 14.4 Å². The predicted octanol–water partition coefficient (Wildman–Crippen LogP) is 2.71. The van der Waals surface area contributed by atoms with E-state index in [1.807, 2.05) is 17.5 Å². The fraction of sp³-hybridized carbons (Fsp3) is 0.500. The molecule has 1 N–H and O–H groups in total. The third kappa shape index (κ3) is 3.08. The highest BCUT2D eigenvalue weighted by Gasteiger charge is 2.38. The van der Waals surface area contributed by atoms with E-state index in [1.54, 1.807) is 36.3 Å². The number of likely N-dealkylation sites (tertiary alicyclic amines) is 1. The lowest BCUT2D eigenvalue weighted by Crippen LogP contribution is -2.48. The van der Waals surface area contributed by atoms with Crippen LogP contribution >= 0.6 is 11.3 Å². The number of carbonyl (C=O) groups excluding carboxylic acids is 1. The molecule has 1 saturated heterocycles. The summed E-state index contributed by atoms with van der Waals surface area (Å²) in [7, 11) is 0. The third-order valence-electron chi connectivity index (χ3n) is 4.00. The van der Waals surface area contributed by atoms with E-state index in [2.05, 4.69) is 4.98 Å². The molecule has 5 nitrogen and oxygen atoms in total. The zero-order valence-corrected chi connectivity index (χ0v) is 13.6. The van der Waals surface area contributed by atoms with Crippen LogP contribution in [0.15, 0.2) is 28.2 Å². The van der Waals surface area contributed by atoms with Crippen LogP contribution in [0.2, 0.25) is 0 Å². The lowest BCUT2D eigenvalue weighted by Gasteiger charge is -2.33. The van der Waals surface area contributed by atoms with Crippen molar-refractivity contribution in [1.82, 2.24) is 9.88 Å². The maximum Gasteiger partial charge on any atom is 0.236 e. The zero-order valence-electron chi connectivity index (χ0n) is 12.8. The van der Waals surface area contributed by atoms with E-state index < -0.39 is 5.60 Å². The van der Waals surface area contributed by atoms with Crippen LogP contribution < -0.4 is 0 Å². The second-order valence-corrected chi connectivity index (χ2v) is 7.14. The minimum absolute atomic E-state index is 0.00402. The Hall–Kier alpha value is -1.66. The molecule has 0 bridgehead atoms. The van der Waals surface area contributed by atoms with Gasteiger partial charge in [-0.25, -0.2) is 4.98 Å². The molecule has 0 aromatic carbocycles. The van der Waals surface area contributed by atoms with Gasteiger partial charge >= 0.3 is 0 Å². The second kappa shape index (κ2) is 5.85. The van der Waals surface area contributed by atoms with Crippen molar-refractivity contribution in [3.63, 3.8) is 0 Å². The molecule has 118 valence electrons. The second-order valence-electron chi connectivity index (χ2n) is 6.20. The molecule has 2 aromatic rings. The van der Waals surface area contributed by atoms with Crippen LogP contribution in [0.5, 0.6) is 0 Å². The van der Waals surface area contributed by atoms with Crippen LogP contribution in [0.3, 0.4) is 0 Å². The lowest BCUT2D eigenvalue weighted by molar-refractivity contribution is -0.135. The van der Waals surface area contributed by atoms with E-state index in [-0.39, 0.29) is 18.4 Å². The molecule has 0 spiro atoms. The van der Waals surface area contributed by atoms with Gasteiger partial charge in [0.1, 0.15) is 6.26 Å². The van der Waals surface area contributed by atoms with Gasteiger partial charge in [0, 0.05) is 6.54 Å². The molecule has 3 rings (SSSR count). The van der Waals surface area contributed by atoms with Gasteiger partial charge in [0.15, 0.2) is 0 Å². The maximum atomic E-state index is 12.5. The Kier molecular flexibility index (Phi) is 4.06. The molecular formula is C16H20N2O3S. The summed E-state index contributed by atoms with van der Waals surface area (Å²) in [5.41, 5.74) is -0.243. The molecule has 2 aromatic heterocycles.